The average Bonchev–Trinajstić information content (AvgIpc) is 2.04. The van der Waals surface area contributed by atoms with Crippen molar-refractivity contribution in [3.63, 3.8) is 0 Å². The number of nitriles is 1. The van der Waals surface area contributed by atoms with E-state index < -0.39 is 11.6 Å². The Labute approximate surface area is 78.1 Å². The smallest absolute Gasteiger partial charge is 0.309 e. The van der Waals surface area contributed by atoms with E-state index in [4.69, 9.17) is 5.26 Å². The van der Waals surface area contributed by atoms with Gasteiger partial charge in [0.25, 0.3) is 0 Å². The van der Waals surface area contributed by atoms with E-state index in [0.29, 0.717) is 0 Å². The summed E-state index contributed by atoms with van der Waals surface area (Å²) in [5, 5.41) is 18.3. The van der Waals surface area contributed by atoms with Crippen LogP contribution < -0.4 is 0 Å². The van der Waals surface area contributed by atoms with E-state index >= 15 is 0 Å². The van der Waals surface area contributed by atoms with E-state index in [-0.39, 0.29) is 18.9 Å². The van der Waals surface area contributed by atoms with Crippen LogP contribution >= 0.6 is 0 Å². The van der Waals surface area contributed by atoms with E-state index in [1.807, 2.05) is 0 Å². The first-order chi connectivity index (χ1) is 5.96. The summed E-state index contributed by atoms with van der Waals surface area (Å²) in [4.78, 5) is 11.0. The summed E-state index contributed by atoms with van der Waals surface area (Å²) >= 11 is 0. The Kier molecular flexibility index (Phi) is 4.43. The van der Waals surface area contributed by atoms with Crippen LogP contribution in [-0.4, -0.2) is 23.3 Å². The predicted molar refractivity (Wildman–Crippen MR) is 46.7 cm³/mol. The van der Waals surface area contributed by atoms with Crippen molar-refractivity contribution in [2.24, 2.45) is 5.92 Å². The standard InChI is InChI=1S/C9H15NO3/c1-4-13-8(11)5-9(12,6-10)7(2)3/h7,12H,4-5H2,1-3H3/t9-/m0/s1. The summed E-state index contributed by atoms with van der Waals surface area (Å²) in [5.41, 5.74) is -1.60. The molecule has 4 nitrogen and oxygen atoms in total. The summed E-state index contributed by atoms with van der Waals surface area (Å²) in [7, 11) is 0. The van der Waals surface area contributed by atoms with Crippen molar-refractivity contribution in [3.05, 3.63) is 0 Å². The van der Waals surface area contributed by atoms with Crippen molar-refractivity contribution in [3.8, 4) is 6.07 Å². The summed E-state index contributed by atoms with van der Waals surface area (Å²) in [6, 6.07) is 1.72. The lowest BCUT2D eigenvalue weighted by Gasteiger charge is -2.22. The Morgan fingerprint density at radius 1 is 1.69 bits per heavy atom. The van der Waals surface area contributed by atoms with Crippen molar-refractivity contribution < 1.29 is 14.6 Å². The second kappa shape index (κ2) is 4.83. The highest BCUT2D eigenvalue weighted by Crippen LogP contribution is 2.20. The number of carbonyl (C=O) groups is 1. The van der Waals surface area contributed by atoms with Crippen LogP contribution in [0.4, 0.5) is 0 Å². The van der Waals surface area contributed by atoms with Gasteiger partial charge in [-0.2, -0.15) is 5.26 Å². The van der Waals surface area contributed by atoms with Gasteiger partial charge in [0.2, 0.25) is 0 Å². The van der Waals surface area contributed by atoms with Crippen LogP contribution in [-0.2, 0) is 9.53 Å². The average molecular weight is 185 g/mol. The van der Waals surface area contributed by atoms with Gasteiger partial charge in [0.05, 0.1) is 19.1 Å². The van der Waals surface area contributed by atoms with Crippen LogP contribution in [0.25, 0.3) is 0 Å². The maximum absolute atomic E-state index is 11.0. The molecule has 1 N–H and O–H groups in total. The number of hydrogen-bond acceptors (Lipinski definition) is 4. The van der Waals surface area contributed by atoms with Gasteiger partial charge >= 0.3 is 5.97 Å². The molecule has 0 saturated carbocycles. The number of hydrogen-bond donors (Lipinski definition) is 1. The number of aliphatic hydroxyl groups is 1. The molecule has 0 aliphatic rings. The third-order valence-corrected chi connectivity index (χ3v) is 1.87. The molecule has 0 rings (SSSR count). The Morgan fingerprint density at radius 2 is 2.23 bits per heavy atom. The highest BCUT2D eigenvalue weighted by atomic mass is 16.5. The van der Waals surface area contributed by atoms with Crippen LogP contribution in [0.3, 0.4) is 0 Å². The molecule has 0 radical (unpaired) electrons. The fourth-order valence-corrected chi connectivity index (χ4v) is 0.805. The lowest BCUT2D eigenvalue weighted by molar-refractivity contribution is -0.148. The fourth-order valence-electron chi connectivity index (χ4n) is 0.805. The molecule has 0 fully saturated rings. The molecular formula is C9H15NO3. The third-order valence-electron chi connectivity index (χ3n) is 1.87. The molecule has 0 aromatic heterocycles. The quantitative estimate of drug-likeness (QED) is 0.520. The number of esters is 1. The first-order valence-electron chi connectivity index (χ1n) is 4.25. The largest absolute Gasteiger partial charge is 0.466 e. The van der Waals surface area contributed by atoms with E-state index in [2.05, 4.69) is 4.74 Å². The van der Waals surface area contributed by atoms with E-state index in [0.717, 1.165) is 0 Å². The molecule has 13 heavy (non-hydrogen) atoms. The Bertz CT molecular complexity index is 219. The minimum Gasteiger partial charge on any atom is -0.466 e. The molecule has 0 aromatic carbocycles. The maximum atomic E-state index is 11.0. The molecule has 1 atom stereocenters. The fraction of sp³-hybridized carbons (Fsp3) is 0.778. The van der Waals surface area contributed by atoms with Gasteiger partial charge in [0.15, 0.2) is 5.60 Å². The van der Waals surface area contributed by atoms with Gasteiger partial charge in [-0.15, -0.1) is 0 Å². The number of nitrogens with zero attached hydrogens (tertiary/aromatic N) is 1. The monoisotopic (exact) mass is 185 g/mol. The Morgan fingerprint density at radius 3 is 2.54 bits per heavy atom. The van der Waals surface area contributed by atoms with Crippen LogP contribution in [0.2, 0.25) is 0 Å². The Hall–Kier alpha value is -1.08. The first-order valence-corrected chi connectivity index (χ1v) is 4.25. The van der Waals surface area contributed by atoms with Gasteiger partial charge < -0.3 is 9.84 Å². The summed E-state index contributed by atoms with van der Waals surface area (Å²) in [6.07, 6.45) is -0.269. The van der Waals surface area contributed by atoms with Gasteiger partial charge in [-0.25, -0.2) is 0 Å². The van der Waals surface area contributed by atoms with Gasteiger partial charge in [0.1, 0.15) is 0 Å². The second-order valence-corrected chi connectivity index (χ2v) is 3.17. The van der Waals surface area contributed by atoms with Crippen molar-refractivity contribution in [2.75, 3.05) is 6.61 Å². The molecule has 0 aliphatic carbocycles. The third kappa shape index (κ3) is 3.43. The molecule has 0 amide bonds. The minimum atomic E-state index is -1.60. The minimum absolute atomic E-state index is 0.262. The molecule has 0 aliphatic heterocycles. The van der Waals surface area contributed by atoms with Gasteiger partial charge in [-0.05, 0) is 12.8 Å². The Balaban J connectivity index is 4.30. The molecule has 4 heteroatoms. The van der Waals surface area contributed by atoms with Crippen LogP contribution in [0.15, 0.2) is 0 Å². The lowest BCUT2D eigenvalue weighted by atomic mass is 9.89. The van der Waals surface area contributed by atoms with Crippen LogP contribution in [0.1, 0.15) is 27.2 Å². The van der Waals surface area contributed by atoms with Crippen molar-refractivity contribution in [1.29, 1.82) is 5.26 Å². The number of carbonyl (C=O) groups excluding carboxylic acids is 1. The summed E-state index contributed by atoms with van der Waals surface area (Å²) < 4.78 is 4.64. The van der Waals surface area contributed by atoms with E-state index in [9.17, 15) is 9.90 Å². The maximum Gasteiger partial charge on any atom is 0.309 e. The molecule has 74 valence electrons. The lowest BCUT2D eigenvalue weighted by Crippen LogP contribution is -2.36. The highest BCUT2D eigenvalue weighted by molar-refractivity contribution is 5.71. The summed E-state index contributed by atoms with van der Waals surface area (Å²) in [5.74, 6) is -0.831. The van der Waals surface area contributed by atoms with Crippen LogP contribution in [0, 0.1) is 17.2 Å². The molecular weight excluding hydrogens is 170 g/mol. The number of rotatable bonds is 4. The highest BCUT2D eigenvalue weighted by Gasteiger charge is 2.34. The molecule has 0 aromatic rings. The second-order valence-electron chi connectivity index (χ2n) is 3.17. The van der Waals surface area contributed by atoms with E-state index in [1.54, 1.807) is 26.8 Å². The SMILES string of the molecule is CCOC(=O)C[C@](O)(C#N)C(C)C. The van der Waals surface area contributed by atoms with Crippen LogP contribution in [0.5, 0.6) is 0 Å². The van der Waals surface area contributed by atoms with Gasteiger partial charge in [0, 0.05) is 0 Å². The zero-order valence-electron chi connectivity index (χ0n) is 8.20. The first kappa shape index (κ1) is 11.9. The summed E-state index contributed by atoms with van der Waals surface area (Å²) in [6.45, 7) is 5.31. The molecule has 0 heterocycles. The van der Waals surface area contributed by atoms with Crippen molar-refractivity contribution in [1.82, 2.24) is 0 Å². The van der Waals surface area contributed by atoms with E-state index in [1.165, 1.54) is 0 Å². The van der Waals surface area contributed by atoms with Crippen molar-refractivity contribution in [2.45, 2.75) is 32.8 Å². The van der Waals surface area contributed by atoms with Crippen molar-refractivity contribution >= 4 is 5.97 Å². The zero-order valence-corrected chi connectivity index (χ0v) is 8.20. The molecule has 0 bridgehead atoms. The topological polar surface area (TPSA) is 70.3 Å². The van der Waals surface area contributed by atoms with Gasteiger partial charge in [-0.3, -0.25) is 4.79 Å². The molecule has 0 saturated heterocycles. The predicted octanol–water partition coefficient (Wildman–Crippen LogP) is 0.850. The zero-order chi connectivity index (χ0) is 10.5. The molecule has 0 spiro atoms. The number of ether oxygens (including phenoxy) is 1. The molecule has 0 unspecified atom stereocenters. The van der Waals surface area contributed by atoms with Gasteiger partial charge in [-0.1, -0.05) is 13.8 Å². The normalized spacial score (nSPS) is 14.8.